The molecule has 4 heteroatoms. The van der Waals surface area contributed by atoms with Gasteiger partial charge in [-0.15, -0.1) is 0 Å². The Kier molecular flexibility index (Phi) is 6.52. The molecule has 4 N–H and O–H groups in total. The van der Waals surface area contributed by atoms with E-state index < -0.39 is 17.6 Å². The minimum absolute atomic E-state index is 0.240. The van der Waals surface area contributed by atoms with Crippen LogP contribution in [-0.4, -0.2) is 27.8 Å². The van der Waals surface area contributed by atoms with Crippen molar-refractivity contribution in [2.24, 2.45) is 5.73 Å². The summed E-state index contributed by atoms with van der Waals surface area (Å²) >= 11 is 0. The molecule has 0 rings (SSSR count). The van der Waals surface area contributed by atoms with Gasteiger partial charge < -0.3 is 15.9 Å². The van der Waals surface area contributed by atoms with E-state index in [4.69, 9.17) is 10.8 Å². The lowest BCUT2D eigenvalue weighted by molar-refractivity contribution is -0.161. The number of hydrogen-bond acceptors (Lipinski definition) is 3. The van der Waals surface area contributed by atoms with E-state index in [-0.39, 0.29) is 6.42 Å². The van der Waals surface area contributed by atoms with Crippen molar-refractivity contribution in [3.63, 3.8) is 0 Å². The van der Waals surface area contributed by atoms with E-state index in [1.54, 1.807) is 0 Å². The van der Waals surface area contributed by atoms with E-state index in [2.05, 4.69) is 6.92 Å². The Hall–Kier alpha value is -0.610. The number of nitrogens with two attached hydrogens (primary N) is 1. The first-order valence-corrected chi connectivity index (χ1v) is 5.66. The summed E-state index contributed by atoms with van der Waals surface area (Å²) in [6, 6.07) is -0.735. The molecule has 0 aromatic carbocycles. The van der Waals surface area contributed by atoms with Crippen LogP contribution in [0, 0.1) is 0 Å². The second kappa shape index (κ2) is 6.80. The number of aliphatic hydroxyl groups is 1. The minimum Gasteiger partial charge on any atom is -0.479 e. The molecule has 2 atom stereocenters. The van der Waals surface area contributed by atoms with Crippen LogP contribution in [0.2, 0.25) is 0 Å². The predicted molar refractivity (Wildman–Crippen MR) is 59.6 cm³/mol. The molecule has 15 heavy (non-hydrogen) atoms. The Morgan fingerprint density at radius 3 is 2.27 bits per heavy atom. The highest BCUT2D eigenvalue weighted by molar-refractivity contribution is 5.78. The van der Waals surface area contributed by atoms with Gasteiger partial charge in [-0.25, -0.2) is 4.79 Å². The van der Waals surface area contributed by atoms with Gasteiger partial charge in [0.05, 0.1) is 0 Å². The third-order valence-electron chi connectivity index (χ3n) is 2.79. The fraction of sp³-hybridized carbons (Fsp3) is 0.909. The number of carboxylic acids is 1. The number of rotatable bonds is 8. The van der Waals surface area contributed by atoms with Gasteiger partial charge in [-0.05, 0) is 19.8 Å². The lowest BCUT2D eigenvalue weighted by Gasteiger charge is -2.27. The maximum Gasteiger partial charge on any atom is 0.337 e. The van der Waals surface area contributed by atoms with Crippen LogP contribution in [0.15, 0.2) is 0 Å². The van der Waals surface area contributed by atoms with E-state index >= 15 is 0 Å². The quantitative estimate of drug-likeness (QED) is 0.538. The van der Waals surface area contributed by atoms with E-state index in [0.29, 0.717) is 6.42 Å². The summed E-state index contributed by atoms with van der Waals surface area (Å²) in [5.74, 6) is -1.21. The van der Waals surface area contributed by atoms with E-state index in [1.165, 1.54) is 6.92 Å². The van der Waals surface area contributed by atoms with Crippen molar-refractivity contribution >= 4 is 5.97 Å². The van der Waals surface area contributed by atoms with Crippen molar-refractivity contribution in [3.05, 3.63) is 0 Å². The molecule has 0 aliphatic rings. The monoisotopic (exact) mass is 217 g/mol. The number of aliphatic carboxylic acids is 1. The van der Waals surface area contributed by atoms with Gasteiger partial charge in [-0.1, -0.05) is 32.6 Å². The summed E-state index contributed by atoms with van der Waals surface area (Å²) in [4.78, 5) is 10.9. The van der Waals surface area contributed by atoms with E-state index in [0.717, 1.165) is 25.7 Å². The first-order chi connectivity index (χ1) is 6.95. The van der Waals surface area contributed by atoms with Crippen molar-refractivity contribution in [2.45, 2.75) is 64.0 Å². The van der Waals surface area contributed by atoms with Crippen molar-refractivity contribution in [1.82, 2.24) is 0 Å². The zero-order chi connectivity index (χ0) is 11.9. The summed E-state index contributed by atoms with van der Waals surface area (Å²) in [5, 5.41) is 18.7. The molecule has 0 spiro atoms. The molecule has 0 saturated carbocycles. The average molecular weight is 217 g/mol. The van der Waals surface area contributed by atoms with Gasteiger partial charge in [-0.3, -0.25) is 0 Å². The maximum atomic E-state index is 10.9. The standard InChI is InChI=1S/C11H23NO3/c1-3-4-5-6-7-8-11(15,9(2)12)10(13)14/h9,15H,3-8,12H2,1-2H3,(H,13,14). The molecule has 90 valence electrons. The summed E-state index contributed by atoms with van der Waals surface area (Å²) in [6.07, 6.45) is 5.30. The van der Waals surface area contributed by atoms with Crippen LogP contribution >= 0.6 is 0 Å². The smallest absolute Gasteiger partial charge is 0.337 e. The number of hydrogen-bond donors (Lipinski definition) is 3. The minimum atomic E-state index is -1.76. The summed E-state index contributed by atoms with van der Waals surface area (Å²) in [6.45, 7) is 3.65. The Labute approximate surface area is 91.5 Å². The molecule has 0 bridgehead atoms. The van der Waals surface area contributed by atoms with Crippen LogP contribution < -0.4 is 5.73 Å². The Morgan fingerprint density at radius 2 is 1.87 bits per heavy atom. The normalized spacial score (nSPS) is 17.1. The highest BCUT2D eigenvalue weighted by Gasteiger charge is 2.39. The molecule has 0 saturated heterocycles. The topological polar surface area (TPSA) is 83.5 Å². The zero-order valence-electron chi connectivity index (χ0n) is 9.70. The molecule has 0 aliphatic heterocycles. The SMILES string of the molecule is CCCCCCCC(O)(C(=O)O)C(C)N. The van der Waals surface area contributed by atoms with Crippen molar-refractivity contribution in [1.29, 1.82) is 0 Å². The van der Waals surface area contributed by atoms with Gasteiger partial charge in [0.1, 0.15) is 0 Å². The van der Waals surface area contributed by atoms with Crippen LogP contribution in [0.4, 0.5) is 0 Å². The Bertz CT molecular complexity index is 194. The third kappa shape index (κ3) is 4.62. The van der Waals surface area contributed by atoms with Crippen LogP contribution in [0.5, 0.6) is 0 Å². The molecule has 0 radical (unpaired) electrons. The molecule has 0 heterocycles. The van der Waals surface area contributed by atoms with Gasteiger partial charge in [0.2, 0.25) is 0 Å². The first-order valence-electron chi connectivity index (χ1n) is 5.66. The van der Waals surface area contributed by atoms with Gasteiger partial charge in [0.15, 0.2) is 5.60 Å². The van der Waals surface area contributed by atoms with Crippen LogP contribution in [0.25, 0.3) is 0 Å². The zero-order valence-corrected chi connectivity index (χ0v) is 9.70. The largest absolute Gasteiger partial charge is 0.479 e. The molecule has 0 fully saturated rings. The highest BCUT2D eigenvalue weighted by Crippen LogP contribution is 2.19. The lowest BCUT2D eigenvalue weighted by atomic mass is 9.89. The molecule has 0 amide bonds. The molecule has 2 unspecified atom stereocenters. The van der Waals surface area contributed by atoms with Crippen LogP contribution in [0.3, 0.4) is 0 Å². The van der Waals surface area contributed by atoms with Crippen molar-refractivity contribution in [2.75, 3.05) is 0 Å². The fourth-order valence-electron chi connectivity index (χ4n) is 1.53. The highest BCUT2D eigenvalue weighted by atomic mass is 16.4. The predicted octanol–water partition coefficient (Wildman–Crippen LogP) is 1.51. The summed E-state index contributed by atoms with van der Waals surface area (Å²) in [5.41, 5.74) is 3.72. The van der Waals surface area contributed by atoms with E-state index in [1.807, 2.05) is 0 Å². The van der Waals surface area contributed by atoms with Gasteiger partial charge in [-0.2, -0.15) is 0 Å². The molecular formula is C11H23NO3. The molecule has 0 aromatic heterocycles. The lowest BCUT2D eigenvalue weighted by Crippen LogP contribution is -2.52. The van der Waals surface area contributed by atoms with Gasteiger partial charge in [0.25, 0.3) is 0 Å². The van der Waals surface area contributed by atoms with E-state index in [9.17, 15) is 9.90 Å². The number of carboxylic acid groups (broad SMARTS) is 1. The average Bonchev–Trinajstić information content (AvgIpc) is 2.16. The van der Waals surface area contributed by atoms with Crippen LogP contribution in [0.1, 0.15) is 52.4 Å². The summed E-state index contributed by atoms with van der Waals surface area (Å²) < 4.78 is 0. The Morgan fingerprint density at radius 1 is 1.33 bits per heavy atom. The second-order valence-electron chi connectivity index (χ2n) is 4.18. The summed E-state index contributed by atoms with van der Waals surface area (Å²) in [7, 11) is 0. The number of unbranched alkanes of at least 4 members (excludes halogenated alkanes) is 4. The van der Waals surface area contributed by atoms with Gasteiger partial charge in [0, 0.05) is 6.04 Å². The molecule has 0 aliphatic carbocycles. The Balaban J connectivity index is 3.93. The fourth-order valence-corrected chi connectivity index (χ4v) is 1.53. The van der Waals surface area contributed by atoms with Gasteiger partial charge >= 0.3 is 5.97 Å². The number of carbonyl (C=O) groups is 1. The third-order valence-corrected chi connectivity index (χ3v) is 2.79. The molecule has 4 nitrogen and oxygen atoms in total. The maximum absolute atomic E-state index is 10.9. The van der Waals surface area contributed by atoms with Crippen molar-refractivity contribution < 1.29 is 15.0 Å². The molecular weight excluding hydrogens is 194 g/mol. The van der Waals surface area contributed by atoms with Crippen molar-refractivity contribution in [3.8, 4) is 0 Å². The first kappa shape index (κ1) is 14.4. The molecule has 0 aromatic rings. The van der Waals surface area contributed by atoms with Crippen LogP contribution in [-0.2, 0) is 4.79 Å². The second-order valence-corrected chi connectivity index (χ2v) is 4.18.